The molecular formula is C30H34N4O3. The minimum atomic E-state index is -0.869. The number of hydrogen-bond acceptors (Lipinski definition) is 4. The Bertz CT molecular complexity index is 1310. The summed E-state index contributed by atoms with van der Waals surface area (Å²) in [4.78, 5) is 31.3. The number of para-hydroxylation sites is 1. The third-order valence-corrected chi connectivity index (χ3v) is 7.27. The van der Waals surface area contributed by atoms with Crippen LogP contribution < -0.4 is 5.32 Å². The smallest absolute Gasteiger partial charge is 0.407 e. The van der Waals surface area contributed by atoms with Crippen molar-refractivity contribution in [2.24, 2.45) is 11.8 Å². The molecule has 2 aromatic carbocycles. The fourth-order valence-electron chi connectivity index (χ4n) is 5.07. The molecule has 3 aromatic rings. The van der Waals surface area contributed by atoms with Gasteiger partial charge < -0.3 is 15.3 Å². The van der Waals surface area contributed by atoms with Crippen molar-refractivity contribution in [2.45, 2.75) is 52.0 Å². The van der Waals surface area contributed by atoms with Gasteiger partial charge in [-0.2, -0.15) is 5.26 Å². The van der Waals surface area contributed by atoms with Crippen molar-refractivity contribution in [3.63, 3.8) is 0 Å². The molecule has 0 unspecified atom stereocenters. The highest BCUT2D eigenvalue weighted by Gasteiger charge is 2.31. The Morgan fingerprint density at radius 3 is 2.32 bits per heavy atom. The number of fused-ring (bicyclic) bond motifs is 1. The predicted molar refractivity (Wildman–Crippen MR) is 144 cm³/mol. The third-order valence-electron chi connectivity index (χ3n) is 7.27. The Morgan fingerprint density at radius 1 is 1.05 bits per heavy atom. The van der Waals surface area contributed by atoms with Gasteiger partial charge in [-0.3, -0.25) is 4.79 Å². The average Bonchev–Trinajstić information content (AvgIpc) is 2.89. The highest BCUT2D eigenvalue weighted by atomic mass is 16.4. The number of aromatic nitrogens is 1. The zero-order valence-corrected chi connectivity index (χ0v) is 21.7. The molecular weight excluding hydrogens is 464 g/mol. The van der Waals surface area contributed by atoms with Crippen LogP contribution in [-0.4, -0.2) is 45.6 Å². The second-order valence-electron chi connectivity index (χ2n) is 10.9. The molecule has 4 rings (SSSR count). The lowest BCUT2D eigenvalue weighted by Gasteiger charge is -2.38. The van der Waals surface area contributed by atoms with Gasteiger partial charge in [0.25, 0.3) is 5.91 Å². The molecule has 37 heavy (non-hydrogen) atoms. The summed E-state index contributed by atoms with van der Waals surface area (Å²) in [7, 11) is 0. The van der Waals surface area contributed by atoms with E-state index in [2.05, 4.69) is 11.4 Å². The summed E-state index contributed by atoms with van der Waals surface area (Å²) in [5.74, 6) is 0.598. The van der Waals surface area contributed by atoms with Gasteiger partial charge in [0.1, 0.15) is 0 Å². The van der Waals surface area contributed by atoms with Crippen LogP contribution in [0.1, 0.15) is 62.4 Å². The molecule has 0 saturated heterocycles. The number of nitrogens with one attached hydrogen (secondary N) is 1. The van der Waals surface area contributed by atoms with Crippen LogP contribution in [0.2, 0.25) is 0 Å². The van der Waals surface area contributed by atoms with Crippen LogP contribution in [-0.2, 0) is 0 Å². The zero-order chi connectivity index (χ0) is 26.6. The van der Waals surface area contributed by atoms with Crippen LogP contribution in [0.3, 0.4) is 0 Å². The Kier molecular flexibility index (Phi) is 7.77. The topological polar surface area (TPSA) is 106 Å². The summed E-state index contributed by atoms with van der Waals surface area (Å²) in [6.07, 6.45) is 2.99. The minimum Gasteiger partial charge on any atom is -0.465 e. The molecule has 0 atom stereocenters. The zero-order valence-electron chi connectivity index (χ0n) is 21.7. The van der Waals surface area contributed by atoms with Gasteiger partial charge in [0.15, 0.2) is 0 Å². The first kappa shape index (κ1) is 26.2. The number of hydrogen-bond donors (Lipinski definition) is 2. The van der Waals surface area contributed by atoms with Crippen LogP contribution in [0.25, 0.3) is 22.2 Å². The lowest BCUT2D eigenvalue weighted by Crippen LogP contribution is -2.47. The Labute approximate surface area is 218 Å². The summed E-state index contributed by atoms with van der Waals surface area (Å²) in [6, 6.07) is 18.8. The first-order valence-corrected chi connectivity index (χ1v) is 12.8. The molecule has 0 spiro atoms. The molecule has 0 aliphatic heterocycles. The molecule has 1 aliphatic carbocycles. The van der Waals surface area contributed by atoms with Crippen molar-refractivity contribution in [1.29, 1.82) is 5.26 Å². The molecule has 2 N–H and O–H groups in total. The first-order chi connectivity index (χ1) is 17.7. The minimum absolute atomic E-state index is 0.125. The number of carbonyl (C=O) groups is 2. The van der Waals surface area contributed by atoms with Gasteiger partial charge in [-0.25, -0.2) is 9.78 Å². The monoisotopic (exact) mass is 498 g/mol. The molecule has 7 heteroatoms. The highest BCUT2D eigenvalue weighted by Crippen LogP contribution is 2.31. The van der Waals surface area contributed by atoms with E-state index in [0.29, 0.717) is 41.7 Å². The van der Waals surface area contributed by atoms with E-state index in [1.807, 2.05) is 63.2 Å². The number of nitrogens with zero attached hydrogens (tertiary/aromatic N) is 3. The van der Waals surface area contributed by atoms with Gasteiger partial charge >= 0.3 is 6.09 Å². The number of pyridine rings is 1. The van der Waals surface area contributed by atoms with E-state index in [-0.39, 0.29) is 5.91 Å². The van der Waals surface area contributed by atoms with Gasteiger partial charge in [-0.15, -0.1) is 0 Å². The van der Waals surface area contributed by atoms with E-state index in [9.17, 15) is 14.7 Å². The Balaban J connectivity index is 1.42. The van der Waals surface area contributed by atoms with Crippen LogP contribution in [0, 0.1) is 23.2 Å². The van der Waals surface area contributed by atoms with E-state index >= 15 is 0 Å². The summed E-state index contributed by atoms with van der Waals surface area (Å²) < 4.78 is 0. The molecule has 2 amide bonds. The largest absolute Gasteiger partial charge is 0.465 e. The average molecular weight is 499 g/mol. The molecule has 1 fully saturated rings. The van der Waals surface area contributed by atoms with E-state index in [1.54, 1.807) is 17.0 Å². The lowest BCUT2D eigenvalue weighted by atomic mass is 9.81. The van der Waals surface area contributed by atoms with Crippen molar-refractivity contribution in [3.05, 3.63) is 65.7 Å². The van der Waals surface area contributed by atoms with E-state index < -0.39 is 11.6 Å². The maximum Gasteiger partial charge on any atom is 0.407 e. The number of benzene rings is 2. The number of amides is 2. The van der Waals surface area contributed by atoms with E-state index in [0.717, 1.165) is 42.1 Å². The van der Waals surface area contributed by atoms with Crippen molar-refractivity contribution >= 4 is 22.9 Å². The van der Waals surface area contributed by atoms with E-state index in [4.69, 9.17) is 10.2 Å². The molecule has 1 heterocycles. The summed E-state index contributed by atoms with van der Waals surface area (Å²) in [5.41, 5.74) is 3.03. The van der Waals surface area contributed by atoms with Crippen molar-refractivity contribution in [2.75, 3.05) is 13.1 Å². The molecule has 7 nitrogen and oxygen atoms in total. The maximum atomic E-state index is 13.3. The lowest BCUT2D eigenvalue weighted by molar-refractivity contribution is 0.0786. The maximum absolute atomic E-state index is 13.3. The summed E-state index contributed by atoms with van der Waals surface area (Å²) in [5, 5.41) is 22.6. The molecule has 0 radical (unpaired) electrons. The van der Waals surface area contributed by atoms with Crippen molar-refractivity contribution < 1.29 is 14.7 Å². The molecule has 1 aromatic heterocycles. The Morgan fingerprint density at radius 2 is 1.70 bits per heavy atom. The SMILES string of the molecule is CC(C)(C)N(CC1CCC(CNC(=O)c2cc(-c3ccc(C#N)cc3)nc3ccccc23)CC1)C(=O)O. The number of carboxylic acid groups (broad SMARTS) is 1. The van der Waals surface area contributed by atoms with Gasteiger partial charge in [-0.05, 0) is 82.6 Å². The molecule has 1 aliphatic rings. The highest BCUT2D eigenvalue weighted by molar-refractivity contribution is 6.07. The van der Waals surface area contributed by atoms with Crippen LogP contribution in [0.4, 0.5) is 4.79 Å². The van der Waals surface area contributed by atoms with E-state index in [1.165, 1.54) is 0 Å². The molecule has 1 saturated carbocycles. The number of rotatable bonds is 6. The van der Waals surface area contributed by atoms with Gasteiger partial charge in [0.05, 0.1) is 28.4 Å². The normalized spacial score (nSPS) is 17.7. The standard InChI is InChI=1S/C30H34N4O3/c1-30(2,3)34(29(36)37)19-22-10-8-21(9-11-22)18-32-28(35)25-16-27(23-14-12-20(17-31)13-15-23)33-26-7-5-4-6-24(25)26/h4-7,12-16,21-22H,8-11,18-19H2,1-3H3,(H,32,35)(H,36,37). The van der Waals surface area contributed by atoms with Crippen molar-refractivity contribution in [3.8, 4) is 17.3 Å². The summed E-state index contributed by atoms with van der Waals surface area (Å²) in [6.45, 7) is 6.93. The fraction of sp³-hybridized carbons (Fsp3) is 0.400. The first-order valence-electron chi connectivity index (χ1n) is 12.8. The Hall–Kier alpha value is -3.92. The van der Waals surface area contributed by atoms with Gasteiger partial charge in [0.2, 0.25) is 0 Å². The van der Waals surface area contributed by atoms with Gasteiger partial charge in [0, 0.05) is 29.6 Å². The van der Waals surface area contributed by atoms with Crippen molar-refractivity contribution in [1.82, 2.24) is 15.2 Å². The third kappa shape index (κ3) is 6.26. The van der Waals surface area contributed by atoms with Crippen LogP contribution in [0.15, 0.2) is 54.6 Å². The fourth-order valence-corrected chi connectivity index (χ4v) is 5.07. The van der Waals surface area contributed by atoms with Crippen LogP contribution >= 0.6 is 0 Å². The molecule has 0 bridgehead atoms. The number of nitriles is 1. The second-order valence-corrected chi connectivity index (χ2v) is 10.9. The van der Waals surface area contributed by atoms with Gasteiger partial charge in [-0.1, -0.05) is 30.3 Å². The predicted octanol–water partition coefficient (Wildman–Crippen LogP) is 6.09. The number of carbonyl (C=O) groups excluding carboxylic acids is 1. The molecule has 192 valence electrons. The quantitative estimate of drug-likeness (QED) is 0.428. The second kappa shape index (κ2) is 11.0. The van der Waals surface area contributed by atoms with Crippen LogP contribution in [0.5, 0.6) is 0 Å². The summed E-state index contributed by atoms with van der Waals surface area (Å²) >= 11 is 0.